The molecule has 0 saturated heterocycles. The van der Waals surface area contributed by atoms with Crippen LogP contribution in [0, 0.1) is 5.41 Å². The number of anilines is 3. The van der Waals surface area contributed by atoms with Crippen LogP contribution in [-0.2, 0) is 11.3 Å². The van der Waals surface area contributed by atoms with Crippen molar-refractivity contribution in [1.29, 1.82) is 0 Å². The van der Waals surface area contributed by atoms with Crippen LogP contribution < -0.4 is 19.9 Å². The molecule has 0 saturated carbocycles. The summed E-state index contributed by atoms with van der Waals surface area (Å²) in [4.78, 5) is 41.1. The molecule has 0 bridgehead atoms. The van der Waals surface area contributed by atoms with Gasteiger partial charge in [0, 0.05) is 59.1 Å². The zero-order valence-corrected chi connectivity index (χ0v) is 25.3. The SMILES string of the molecule is CCNc1ncc2c(n1)N(C)CCN(c1cccc(OCCCN(Cc3ccccc3)C(=O)C=CC(C)(C)C)c1)C2=O.[HH]. The van der Waals surface area contributed by atoms with Crippen molar-refractivity contribution in [3.8, 4) is 5.75 Å². The topological polar surface area (TPSA) is 90.9 Å². The highest BCUT2D eigenvalue weighted by Crippen LogP contribution is 2.28. The molecule has 2 aromatic carbocycles. The summed E-state index contributed by atoms with van der Waals surface area (Å²) in [7, 11) is 1.93. The van der Waals surface area contributed by atoms with Gasteiger partial charge in [-0.15, -0.1) is 0 Å². The zero-order chi connectivity index (χ0) is 30.1. The van der Waals surface area contributed by atoms with Gasteiger partial charge in [-0.05, 0) is 42.5 Å². The van der Waals surface area contributed by atoms with E-state index in [1.165, 1.54) is 0 Å². The summed E-state index contributed by atoms with van der Waals surface area (Å²) in [6, 6.07) is 17.6. The van der Waals surface area contributed by atoms with Crippen LogP contribution in [-0.4, -0.2) is 66.5 Å². The molecule has 9 heteroatoms. The molecule has 42 heavy (non-hydrogen) atoms. The Morgan fingerprint density at radius 3 is 2.67 bits per heavy atom. The number of allylic oxidation sites excluding steroid dienone is 1. The average Bonchev–Trinajstić information content (AvgIpc) is 3.09. The molecule has 2 amide bonds. The van der Waals surface area contributed by atoms with Crippen LogP contribution in [0.2, 0.25) is 0 Å². The third kappa shape index (κ3) is 8.31. The molecule has 1 aliphatic rings. The molecule has 0 aliphatic carbocycles. The Kier molecular flexibility index (Phi) is 10.2. The maximum absolute atomic E-state index is 13.5. The highest BCUT2D eigenvalue weighted by molar-refractivity contribution is 6.09. The van der Waals surface area contributed by atoms with Gasteiger partial charge in [-0.2, -0.15) is 4.98 Å². The molecule has 0 spiro atoms. The summed E-state index contributed by atoms with van der Waals surface area (Å²) < 4.78 is 6.09. The van der Waals surface area contributed by atoms with Crippen molar-refractivity contribution in [2.24, 2.45) is 5.41 Å². The Bertz CT molecular complexity index is 1390. The minimum atomic E-state index is -0.145. The van der Waals surface area contributed by atoms with Crippen LogP contribution in [0.1, 0.15) is 51.5 Å². The average molecular weight is 573 g/mol. The van der Waals surface area contributed by atoms with Crippen LogP contribution in [0.3, 0.4) is 0 Å². The molecule has 9 nitrogen and oxygen atoms in total. The fourth-order valence-electron chi connectivity index (χ4n) is 4.59. The van der Waals surface area contributed by atoms with E-state index in [1.54, 1.807) is 17.2 Å². The number of carbonyl (C=O) groups excluding carboxylic acids is 2. The molecule has 224 valence electrons. The summed E-state index contributed by atoms with van der Waals surface area (Å²) in [5, 5.41) is 3.11. The van der Waals surface area contributed by atoms with Gasteiger partial charge in [-0.25, -0.2) is 4.98 Å². The van der Waals surface area contributed by atoms with Crippen LogP contribution in [0.5, 0.6) is 5.75 Å². The summed E-state index contributed by atoms with van der Waals surface area (Å²) in [5.41, 5.74) is 2.23. The molecule has 0 radical (unpaired) electrons. The van der Waals surface area contributed by atoms with Gasteiger partial charge >= 0.3 is 0 Å². The molecule has 0 unspecified atom stereocenters. The summed E-state index contributed by atoms with van der Waals surface area (Å²) in [5.74, 6) is 1.64. The van der Waals surface area contributed by atoms with Gasteiger partial charge in [0.1, 0.15) is 17.1 Å². The first kappa shape index (κ1) is 30.6. The van der Waals surface area contributed by atoms with Crippen LogP contribution in [0.4, 0.5) is 17.5 Å². The van der Waals surface area contributed by atoms with Gasteiger partial charge in [-0.3, -0.25) is 9.59 Å². The van der Waals surface area contributed by atoms with E-state index in [0.29, 0.717) is 68.8 Å². The van der Waals surface area contributed by atoms with E-state index in [1.807, 2.05) is 84.4 Å². The number of hydrogen-bond acceptors (Lipinski definition) is 7. The highest BCUT2D eigenvalue weighted by atomic mass is 16.5. The summed E-state index contributed by atoms with van der Waals surface area (Å²) >= 11 is 0. The van der Waals surface area contributed by atoms with Crippen LogP contribution >= 0.6 is 0 Å². The minimum Gasteiger partial charge on any atom is -0.493 e. The Hall–Kier alpha value is -4.40. The number of nitrogens with zero attached hydrogens (tertiary/aromatic N) is 5. The third-order valence-corrected chi connectivity index (χ3v) is 6.82. The third-order valence-electron chi connectivity index (χ3n) is 6.82. The van der Waals surface area contributed by atoms with Gasteiger partial charge < -0.3 is 24.8 Å². The first-order valence-corrected chi connectivity index (χ1v) is 14.5. The first-order valence-electron chi connectivity index (χ1n) is 14.5. The van der Waals surface area contributed by atoms with Crippen molar-refractivity contribution in [2.45, 2.75) is 40.7 Å². The largest absolute Gasteiger partial charge is 0.493 e. The summed E-state index contributed by atoms with van der Waals surface area (Å²) in [6.07, 6.45) is 5.88. The van der Waals surface area contributed by atoms with Crippen LogP contribution in [0.25, 0.3) is 0 Å². The number of fused-ring (bicyclic) bond motifs is 1. The predicted molar refractivity (Wildman–Crippen MR) is 170 cm³/mol. The second kappa shape index (κ2) is 14.0. The molecule has 0 fully saturated rings. The number of ether oxygens (including phenoxy) is 1. The number of amides is 2. The number of likely N-dealkylation sites (N-methyl/N-ethyl adjacent to an activating group) is 1. The highest BCUT2D eigenvalue weighted by Gasteiger charge is 2.28. The molecule has 1 N–H and O–H groups in total. The number of benzene rings is 2. The van der Waals surface area contributed by atoms with E-state index in [0.717, 1.165) is 11.3 Å². The molecule has 3 aromatic rings. The molecular formula is C33H44N6O3. The second-order valence-corrected chi connectivity index (χ2v) is 11.5. The van der Waals surface area contributed by atoms with Gasteiger partial charge in [0.25, 0.3) is 5.91 Å². The number of aromatic nitrogens is 2. The zero-order valence-electron chi connectivity index (χ0n) is 25.3. The molecule has 2 heterocycles. The van der Waals surface area contributed by atoms with Crippen molar-refractivity contribution >= 4 is 29.3 Å². The van der Waals surface area contributed by atoms with Crippen molar-refractivity contribution in [2.75, 3.05) is 55.0 Å². The first-order chi connectivity index (χ1) is 20.1. The number of carbonyl (C=O) groups is 2. The summed E-state index contributed by atoms with van der Waals surface area (Å²) in [6.45, 7) is 11.6. The van der Waals surface area contributed by atoms with Crippen molar-refractivity contribution in [3.05, 3.63) is 84.1 Å². The van der Waals surface area contributed by atoms with Gasteiger partial charge in [0.2, 0.25) is 11.9 Å². The van der Waals surface area contributed by atoms with Gasteiger partial charge in [0.05, 0.1) is 6.61 Å². The minimum absolute atomic E-state index is 0. The number of nitrogens with one attached hydrogen (secondary N) is 1. The van der Waals surface area contributed by atoms with E-state index in [2.05, 4.69) is 36.1 Å². The van der Waals surface area contributed by atoms with E-state index >= 15 is 0 Å². The van der Waals surface area contributed by atoms with E-state index in [-0.39, 0.29) is 18.7 Å². The molecule has 1 aromatic heterocycles. The van der Waals surface area contributed by atoms with E-state index < -0.39 is 0 Å². The van der Waals surface area contributed by atoms with Crippen molar-refractivity contribution in [3.63, 3.8) is 0 Å². The van der Waals surface area contributed by atoms with E-state index in [4.69, 9.17) is 4.74 Å². The Morgan fingerprint density at radius 2 is 1.93 bits per heavy atom. The Morgan fingerprint density at radius 1 is 1.14 bits per heavy atom. The smallest absolute Gasteiger partial charge is 0.263 e. The number of hydrogen-bond donors (Lipinski definition) is 1. The fraction of sp³-hybridized carbons (Fsp3) is 0.394. The lowest BCUT2D eigenvalue weighted by molar-refractivity contribution is -0.126. The normalized spacial score (nSPS) is 13.6. The molecule has 1 aliphatic heterocycles. The van der Waals surface area contributed by atoms with Gasteiger partial charge in [-0.1, -0.05) is 63.2 Å². The quantitative estimate of drug-likeness (QED) is 0.235. The fourth-order valence-corrected chi connectivity index (χ4v) is 4.59. The van der Waals surface area contributed by atoms with Crippen molar-refractivity contribution < 1.29 is 15.8 Å². The Balaban J connectivity index is 0.00000506. The maximum atomic E-state index is 13.5. The van der Waals surface area contributed by atoms with Crippen molar-refractivity contribution in [1.82, 2.24) is 14.9 Å². The van der Waals surface area contributed by atoms with E-state index in [9.17, 15) is 9.59 Å². The second-order valence-electron chi connectivity index (χ2n) is 11.5. The Labute approximate surface area is 250 Å². The maximum Gasteiger partial charge on any atom is 0.263 e. The molecule has 4 rings (SSSR count). The monoisotopic (exact) mass is 572 g/mol. The lowest BCUT2D eigenvalue weighted by Crippen LogP contribution is -2.33. The predicted octanol–water partition coefficient (Wildman–Crippen LogP) is 5.65. The molecular weight excluding hydrogens is 528 g/mol. The number of rotatable bonds is 11. The molecule has 0 atom stereocenters. The standard InChI is InChI=1S/C33H42N6O3.H2/c1-6-34-32-35-23-28-30(36-32)37(5)19-20-39(31(28)41)26-14-10-15-27(22-26)42-21-11-18-38(24-25-12-8-7-9-13-25)29(40)16-17-33(2,3)4;/h7-10,12-17,22-23H,6,11,18-21,24H2,1-5H3,(H,34,35,36);1H. The van der Waals surface area contributed by atoms with Gasteiger partial charge in [0.15, 0.2) is 0 Å². The lowest BCUT2D eigenvalue weighted by atomic mass is 9.96. The van der Waals surface area contributed by atoms with Crippen LogP contribution in [0.15, 0.2) is 72.9 Å². The lowest BCUT2D eigenvalue weighted by Gasteiger charge is -2.23.